The van der Waals surface area contributed by atoms with Gasteiger partial charge in [0.05, 0.1) is 19.5 Å². The lowest BCUT2D eigenvalue weighted by molar-refractivity contribution is 0.296. The lowest BCUT2D eigenvalue weighted by Crippen LogP contribution is -1.98. The van der Waals surface area contributed by atoms with Crippen LogP contribution in [-0.2, 0) is 13.2 Å². The molecule has 4 nitrogen and oxygen atoms in total. The number of halogens is 1. The molecule has 96 valence electrons. The second-order valence-corrected chi connectivity index (χ2v) is 4.69. The molecule has 0 atom stereocenters. The average molecular weight is 311 g/mol. The van der Waals surface area contributed by atoms with Gasteiger partial charge in [-0.1, -0.05) is 15.9 Å². The van der Waals surface area contributed by atoms with Crippen LogP contribution in [0, 0.1) is 0 Å². The van der Waals surface area contributed by atoms with Crippen LogP contribution in [0.1, 0.15) is 12.5 Å². The van der Waals surface area contributed by atoms with Crippen molar-refractivity contribution in [2.75, 3.05) is 7.11 Å². The summed E-state index contributed by atoms with van der Waals surface area (Å²) >= 11 is 3.44. The molecule has 0 spiro atoms. The first kappa shape index (κ1) is 13.0. The summed E-state index contributed by atoms with van der Waals surface area (Å²) in [6.07, 6.45) is 3.60. The molecule has 0 saturated carbocycles. The fourth-order valence-electron chi connectivity index (χ4n) is 1.61. The summed E-state index contributed by atoms with van der Waals surface area (Å²) in [7, 11) is 1.65. The summed E-state index contributed by atoms with van der Waals surface area (Å²) in [6, 6.07) is 5.85. The molecule has 18 heavy (non-hydrogen) atoms. The normalized spacial score (nSPS) is 10.4. The number of rotatable bonds is 5. The number of hydrogen-bond acceptors (Lipinski definition) is 3. The first-order valence-corrected chi connectivity index (χ1v) is 6.50. The molecule has 0 N–H and O–H groups in total. The summed E-state index contributed by atoms with van der Waals surface area (Å²) in [4.78, 5) is 0. The summed E-state index contributed by atoms with van der Waals surface area (Å²) in [5.74, 6) is 1.58. The van der Waals surface area contributed by atoms with Gasteiger partial charge < -0.3 is 9.47 Å². The summed E-state index contributed by atoms with van der Waals surface area (Å²) < 4.78 is 13.8. The van der Waals surface area contributed by atoms with E-state index in [1.807, 2.05) is 36.0 Å². The van der Waals surface area contributed by atoms with Gasteiger partial charge in [0.25, 0.3) is 0 Å². The molecule has 0 aliphatic heterocycles. The molecule has 1 aromatic heterocycles. The Kier molecular flexibility index (Phi) is 4.25. The summed E-state index contributed by atoms with van der Waals surface area (Å²) in [5.41, 5.74) is 0.996. The van der Waals surface area contributed by atoms with E-state index in [0.717, 1.165) is 28.1 Å². The molecule has 2 rings (SSSR count). The molecule has 2 aromatic rings. The molecule has 0 aliphatic rings. The number of methoxy groups -OCH3 is 1. The highest BCUT2D eigenvalue weighted by Gasteiger charge is 2.05. The third-order valence-electron chi connectivity index (χ3n) is 2.57. The minimum atomic E-state index is 0.456. The van der Waals surface area contributed by atoms with Gasteiger partial charge >= 0.3 is 0 Å². The van der Waals surface area contributed by atoms with Crippen molar-refractivity contribution in [3.8, 4) is 11.5 Å². The first-order chi connectivity index (χ1) is 8.72. The largest absolute Gasteiger partial charge is 0.496 e. The predicted molar refractivity (Wildman–Crippen MR) is 72.9 cm³/mol. The number of hydrogen-bond donors (Lipinski definition) is 0. The molecule has 5 heteroatoms. The topological polar surface area (TPSA) is 36.3 Å². The van der Waals surface area contributed by atoms with Crippen LogP contribution in [0.15, 0.2) is 35.1 Å². The maximum atomic E-state index is 5.69. The lowest BCUT2D eigenvalue weighted by atomic mass is 10.2. The van der Waals surface area contributed by atoms with Crippen LogP contribution >= 0.6 is 15.9 Å². The molecular formula is C13H15BrN2O2. The Morgan fingerprint density at radius 3 is 2.89 bits per heavy atom. The summed E-state index contributed by atoms with van der Waals surface area (Å²) in [5, 5.41) is 4.16. The highest BCUT2D eigenvalue weighted by atomic mass is 79.9. The van der Waals surface area contributed by atoms with Gasteiger partial charge in [0.1, 0.15) is 12.4 Å². The Labute approximate surface area is 115 Å². The highest BCUT2D eigenvalue weighted by molar-refractivity contribution is 9.10. The number of ether oxygens (including phenoxy) is 2. The molecule has 0 unspecified atom stereocenters. The molecule has 0 amide bonds. The quantitative estimate of drug-likeness (QED) is 0.850. The van der Waals surface area contributed by atoms with Gasteiger partial charge in [-0.3, -0.25) is 4.68 Å². The van der Waals surface area contributed by atoms with Gasteiger partial charge in [-0.25, -0.2) is 0 Å². The van der Waals surface area contributed by atoms with E-state index in [2.05, 4.69) is 21.0 Å². The highest BCUT2D eigenvalue weighted by Crippen LogP contribution is 2.24. The van der Waals surface area contributed by atoms with E-state index < -0.39 is 0 Å². The zero-order valence-electron chi connectivity index (χ0n) is 10.4. The Morgan fingerprint density at radius 2 is 2.22 bits per heavy atom. The van der Waals surface area contributed by atoms with Crippen LogP contribution < -0.4 is 9.47 Å². The second kappa shape index (κ2) is 5.91. The Bertz CT molecular complexity index is 525. The van der Waals surface area contributed by atoms with Crippen molar-refractivity contribution in [1.29, 1.82) is 0 Å². The third-order valence-corrected chi connectivity index (χ3v) is 3.06. The van der Waals surface area contributed by atoms with Crippen LogP contribution in [0.4, 0.5) is 0 Å². The fourth-order valence-corrected chi connectivity index (χ4v) is 2.02. The Morgan fingerprint density at radius 1 is 1.39 bits per heavy atom. The molecule has 0 radical (unpaired) electrons. The second-order valence-electron chi connectivity index (χ2n) is 3.78. The maximum Gasteiger partial charge on any atom is 0.157 e. The minimum absolute atomic E-state index is 0.456. The van der Waals surface area contributed by atoms with Crippen molar-refractivity contribution in [3.05, 3.63) is 40.6 Å². The Balaban J connectivity index is 2.07. The van der Waals surface area contributed by atoms with E-state index in [1.54, 1.807) is 13.3 Å². The standard InChI is InChI=1S/C13H15BrN2O2/c1-3-16-8-12(7-15-16)18-9-10-6-11(14)4-5-13(10)17-2/h4-8H,3,9H2,1-2H3. The molecule has 0 saturated heterocycles. The molecular weight excluding hydrogens is 296 g/mol. The molecule has 0 aliphatic carbocycles. The van der Waals surface area contributed by atoms with E-state index in [-0.39, 0.29) is 0 Å². The number of nitrogens with zero attached hydrogens (tertiary/aromatic N) is 2. The zero-order valence-corrected chi connectivity index (χ0v) is 12.0. The minimum Gasteiger partial charge on any atom is -0.496 e. The summed E-state index contributed by atoms with van der Waals surface area (Å²) in [6.45, 7) is 3.33. The van der Waals surface area contributed by atoms with Crippen LogP contribution in [-0.4, -0.2) is 16.9 Å². The van der Waals surface area contributed by atoms with E-state index in [0.29, 0.717) is 6.61 Å². The monoisotopic (exact) mass is 310 g/mol. The molecule has 1 heterocycles. The molecule has 0 bridgehead atoms. The van der Waals surface area contributed by atoms with Crippen LogP contribution in [0.5, 0.6) is 11.5 Å². The van der Waals surface area contributed by atoms with Crippen molar-refractivity contribution in [1.82, 2.24) is 9.78 Å². The fraction of sp³-hybridized carbons (Fsp3) is 0.308. The van der Waals surface area contributed by atoms with Crippen molar-refractivity contribution in [3.63, 3.8) is 0 Å². The molecule has 1 aromatic carbocycles. The van der Waals surface area contributed by atoms with E-state index in [4.69, 9.17) is 9.47 Å². The van der Waals surface area contributed by atoms with Gasteiger partial charge in [-0.2, -0.15) is 5.10 Å². The van der Waals surface area contributed by atoms with Gasteiger partial charge in [0, 0.05) is 16.6 Å². The first-order valence-electron chi connectivity index (χ1n) is 5.70. The SMILES string of the molecule is CCn1cc(OCc2cc(Br)ccc2OC)cn1. The number of aromatic nitrogens is 2. The van der Waals surface area contributed by atoms with Crippen molar-refractivity contribution in [2.24, 2.45) is 0 Å². The van der Waals surface area contributed by atoms with E-state index >= 15 is 0 Å². The van der Waals surface area contributed by atoms with Crippen LogP contribution in [0.25, 0.3) is 0 Å². The van der Waals surface area contributed by atoms with Crippen LogP contribution in [0.3, 0.4) is 0 Å². The van der Waals surface area contributed by atoms with Crippen molar-refractivity contribution in [2.45, 2.75) is 20.1 Å². The van der Waals surface area contributed by atoms with Crippen molar-refractivity contribution >= 4 is 15.9 Å². The van der Waals surface area contributed by atoms with E-state index in [9.17, 15) is 0 Å². The number of aryl methyl sites for hydroxylation is 1. The maximum absolute atomic E-state index is 5.69. The number of benzene rings is 1. The predicted octanol–water partition coefficient (Wildman–Crippen LogP) is 3.25. The lowest BCUT2D eigenvalue weighted by Gasteiger charge is -2.09. The van der Waals surface area contributed by atoms with Gasteiger partial charge in [0.2, 0.25) is 0 Å². The van der Waals surface area contributed by atoms with Gasteiger partial charge in [0.15, 0.2) is 5.75 Å². The van der Waals surface area contributed by atoms with Crippen molar-refractivity contribution < 1.29 is 9.47 Å². The average Bonchev–Trinajstić information content (AvgIpc) is 2.84. The smallest absolute Gasteiger partial charge is 0.157 e. The zero-order chi connectivity index (χ0) is 13.0. The third kappa shape index (κ3) is 3.04. The van der Waals surface area contributed by atoms with Crippen LogP contribution in [0.2, 0.25) is 0 Å². The Hall–Kier alpha value is -1.49. The van der Waals surface area contributed by atoms with Gasteiger partial charge in [-0.05, 0) is 25.1 Å². The van der Waals surface area contributed by atoms with E-state index in [1.165, 1.54) is 0 Å². The molecule has 0 fully saturated rings. The van der Waals surface area contributed by atoms with Gasteiger partial charge in [-0.15, -0.1) is 0 Å².